The molecule has 3 saturated heterocycles. The lowest BCUT2D eigenvalue weighted by Gasteiger charge is -2.48. The highest BCUT2D eigenvalue weighted by molar-refractivity contribution is 5.76. The molecule has 3 aliphatic rings. The number of hydrogen-bond donors (Lipinski definition) is 12. The standard InChI is InChI=1S/C98H167NO18/c1-3-5-7-9-11-13-15-17-19-21-23-25-27-29-31-33-35-36-37-38-39-40-41-42-43-44-46-48-50-52-54-56-58-60-62-64-66-68-70-72-74-76-86(104)99-81(82(103)75-73-71-69-67-65-63-61-59-57-55-53-51-49-47-45-34-32-30-28-26-24-22-20-18-16-14-12-10-8-6-4-2)80-112-96-92(110)89(107)94(84(78-101)114-96)117-98-93(111)90(108)95(85(79-102)115-98)116-97-91(109)88(106)87(105)83(77-100)113-97/h5,7,11,13,17,19,23,25,29,31,35-36,38-39,41-42,44,46,50,52,56,58,73,75,81-85,87-98,100-103,105-111H,3-4,6,8-10,12,14-16,18,20-22,24,26-28,30,32-34,37,40,43,45,47-49,51,53-55,57,59-72,74,76-80H2,1-2H3,(H,99,104)/b7-5-,13-11-,19-17-,25-23-,31-29-,36-35-,39-38-,42-41-,46-44-,52-50-,58-56-,75-73+. The Bertz CT molecular complexity index is 2680. The van der Waals surface area contributed by atoms with Crippen LogP contribution in [0.1, 0.15) is 335 Å². The first kappa shape index (κ1) is 107. The molecular formula is C98H167NO18. The fraction of sp³-hybridized carbons (Fsp3) is 0.745. The van der Waals surface area contributed by atoms with Crippen LogP contribution in [0.2, 0.25) is 0 Å². The van der Waals surface area contributed by atoms with Crippen LogP contribution in [-0.2, 0) is 33.2 Å². The second-order valence-electron chi connectivity index (χ2n) is 32.4. The van der Waals surface area contributed by atoms with Gasteiger partial charge in [0.25, 0.3) is 0 Å². The molecule has 3 fully saturated rings. The van der Waals surface area contributed by atoms with Crippen molar-refractivity contribution in [2.24, 2.45) is 0 Å². The van der Waals surface area contributed by atoms with E-state index in [9.17, 15) is 61.0 Å². The van der Waals surface area contributed by atoms with E-state index in [1.54, 1.807) is 6.08 Å². The van der Waals surface area contributed by atoms with Crippen molar-refractivity contribution >= 4 is 5.91 Å². The van der Waals surface area contributed by atoms with Gasteiger partial charge in [0.15, 0.2) is 18.9 Å². The summed E-state index contributed by atoms with van der Waals surface area (Å²) in [6, 6.07) is -0.992. The molecule has 0 saturated carbocycles. The number of carbonyl (C=O) groups excluding carboxylic acids is 1. The summed E-state index contributed by atoms with van der Waals surface area (Å²) in [6.45, 7) is 1.64. The van der Waals surface area contributed by atoms with E-state index < -0.39 is 124 Å². The average Bonchev–Trinajstić information content (AvgIpc) is 0.778. The van der Waals surface area contributed by atoms with Crippen LogP contribution in [0.5, 0.6) is 0 Å². The van der Waals surface area contributed by atoms with E-state index in [2.05, 4.69) is 153 Å². The van der Waals surface area contributed by atoms with Crippen molar-refractivity contribution < 1.29 is 89.4 Å². The molecule has 0 radical (unpaired) electrons. The van der Waals surface area contributed by atoms with Gasteiger partial charge in [0.05, 0.1) is 38.6 Å². The van der Waals surface area contributed by atoms with Crippen molar-refractivity contribution in [3.63, 3.8) is 0 Å². The number of unbranched alkanes of at least 4 members (excludes halogenated alkanes) is 36. The van der Waals surface area contributed by atoms with Crippen molar-refractivity contribution in [2.75, 3.05) is 26.4 Å². The third-order valence-electron chi connectivity index (χ3n) is 22.1. The van der Waals surface area contributed by atoms with E-state index >= 15 is 0 Å². The van der Waals surface area contributed by atoms with Crippen LogP contribution in [0.3, 0.4) is 0 Å². The largest absolute Gasteiger partial charge is 0.394 e. The first-order chi connectivity index (χ1) is 57.3. The fourth-order valence-corrected chi connectivity index (χ4v) is 14.8. The van der Waals surface area contributed by atoms with Gasteiger partial charge < -0.3 is 89.9 Å². The molecule has 17 unspecified atom stereocenters. The molecular weight excluding hydrogens is 1480 g/mol. The molecule has 19 heteroatoms. The lowest BCUT2D eigenvalue weighted by atomic mass is 9.96. The van der Waals surface area contributed by atoms with Crippen molar-refractivity contribution in [1.82, 2.24) is 5.32 Å². The van der Waals surface area contributed by atoms with Crippen molar-refractivity contribution in [3.05, 3.63) is 146 Å². The molecule has 0 aromatic carbocycles. The second kappa shape index (κ2) is 75.4. The Morgan fingerprint density at radius 1 is 0.316 bits per heavy atom. The van der Waals surface area contributed by atoms with Crippen LogP contribution in [0, 0.1) is 0 Å². The molecule has 0 bridgehead atoms. The minimum absolute atomic E-state index is 0.222. The van der Waals surface area contributed by atoms with Gasteiger partial charge in [-0.1, -0.05) is 372 Å². The molecule has 17 atom stereocenters. The van der Waals surface area contributed by atoms with Crippen LogP contribution in [0.15, 0.2) is 146 Å². The van der Waals surface area contributed by atoms with Gasteiger partial charge in [-0.15, -0.1) is 0 Å². The molecule has 3 rings (SSSR count). The lowest BCUT2D eigenvalue weighted by Crippen LogP contribution is -2.66. The first-order valence-corrected chi connectivity index (χ1v) is 46.6. The first-order valence-electron chi connectivity index (χ1n) is 46.6. The van der Waals surface area contributed by atoms with Gasteiger partial charge in [-0.25, -0.2) is 0 Å². The smallest absolute Gasteiger partial charge is 0.220 e. The third-order valence-corrected chi connectivity index (χ3v) is 22.1. The average molecular weight is 1650 g/mol. The zero-order chi connectivity index (χ0) is 84.5. The highest BCUT2D eigenvalue weighted by atomic mass is 16.8. The van der Waals surface area contributed by atoms with Gasteiger partial charge in [-0.2, -0.15) is 0 Å². The van der Waals surface area contributed by atoms with Gasteiger partial charge in [-0.3, -0.25) is 4.79 Å². The second-order valence-corrected chi connectivity index (χ2v) is 32.4. The number of carbonyl (C=O) groups is 1. The van der Waals surface area contributed by atoms with Gasteiger partial charge in [-0.05, 0) is 103 Å². The molecule has 0 spiro atoms. The number of rotatable bonds is 74. The highest BCUT2D eigenvalue weighted by Gasteiger charge is 2.54. The van der Waals surface area contributed by atoms with Gasteiger partial charge in [0.2, 0.25) is 5.91 Å². The van der Waals surface area contributed by atoms with Gasteiger partial charge >= 0.3 is 0 Å². The van der Waals surface area contributed by atoms with Crippen LogP contribution in [0.25, 0.3) is 0 Å². The SMILES string of the molecule is CC/C=C\C/C=C\C/C=C\C/C=C\C/C=C\C/C=C\C/C=C\C/C=C\C/C=C\C/C=C\C/C=C\CCCCCCCCCC(=O)NC(COC1OC(CO)C(OC2OC(CO)C(OC3OC(CO)C(O)C(O)C3O)C(O)C2O)C(O)C1O)C(O)/C=C/CCCCCCCCCCCCCCCCCCCCCCCCCCCCCCC. The number of hydrogen-bond acceptors (Lipinski definition) is 18. The summed E-state index contributed by atoms with van der Waals surface area (Å²) in [7, 11) is 0. The van der Waals surface area contributed by atoms with Gasteiger partial charge in [0, 0.05) is 6.42 Å². The predicted octanol–water partition coefficient (Wildman–Crippen LogP) is 18.5. The number of aliphatic hydroxyl groups excluding tert-OH is 11. The van der Waals surface area contributed by atoms with Crippen molar-refractivity contribution in [3.8, 4) is 0 Å². The molecule has 3 aliphatic heterocycles. The summed E-state index contributed by atoms with van der Waals surface area (Å²) < 4.78 is 34.5. The molecule has 117 heavy (non-hydrogen) atoms. The number of allylic oxidation sites excluding steroid dienone is 23. The fourth-order valence-electron chi connectivity index (χ4n) is 14.8. The zero-order valence-electron chi connectivity index (χ0n) is 72.6. The van der Waals surface area contributed by atoms with Crippen LogP contribution >= 0.6 is 0 Å². The lowest BCUT2D eigenvalue weighted by molar-refractivity contribution is -0.379. The summed E-state index contributed by atoms with van der Waals surface area (Å²) in [5.41, 5.74) is 0. The van der Waals surface area contributed by atoms with Crippen LogP contribution < -0.4 is 5.32 Å². The van der Waals surface area contributed by atoms with E-state index in [1.807, 2.05) is 6.08 Å². The maximum absolute atomic E-state index is 13.5. The molecule has 672 valence electrons. The molecule has 0 aromatic rings. The van der Waals surface area contributed by atoms with E-state index in [-0.39, 0.29) is 18.9 Å². The molecule has 0 aliphatic carbocycles. The Morgan fingerprint density at radius 3 is 0.923 bits per heavy atom. The number of aliphatic hydroxyl groups is 11. The monoisotopic (exact) mass is 1650 g/mol. The van der Waals surface area contributed by atoms with E-state index in [0.717, 1.165) is 141 Å². The molecule has 3 heterocycles. The van der Waals surface area contributed by atoms with Crippen LogP contribution in [-0.4, -0.2) is 193 Å². The minimum Gasteiger partial charge on any atom is -0.394 e. The highest BCUT2D eigenvalue weighted by Crippen LogP contribution is 2.33. The molecule has 12 N–H and O–H groups in total. The topological polar surface area (TPSA) is 307 Å². The maximum atomic E-state index is 13.5. The summed E-state index contributed by atoms with van der Waals surface area (Å²) >= 11 is 0. The Balaban J connectivity index is 1.34. The predicted molar refractivity (Wildman–Crippen MR) is 475 cm³/mol. The summed E-state index contributed by atoms with van der Waals surface area (Å²) in [5.74, 6) is -0.289. The quantitative estimate of drug-likeness (QED) is 0.0199. The zero-order valence-corrected chi connectivity index (χ0v) is 72.6. The van der Waals surface area contributed by atoms with Crippen molar-refractivity contribution in [2.45, 2.75) is 439 Å². The van der Waals surface area contributed by atoms with Crippen LogP contribution in [0.4, 0.5) is 0 Å². The molecule has 0 aromatic heterocycles. The van der Waals surface area contributed by atoms with Gasteiger partial charge in [0.1, 0.15) is 73.2 Å². The third kappa shape index (κ3) is 53.3. The normalized spacial score (nSPS) is 25.1. The van der Waals surface area contributed by atoms with E-state index in [4.69, 9.17) is 28.4 Å². The molecule has 1 amide bonds. The summed E-state index contributed by atoms with van der Waals surface area (Å²) in [6.07, 6.45) is 84.2. The Hall–Kier alpha value is -4.33. The Morgan fingerprint density at radius 2 is 0.590 bits per heavy atom. The minimum atomic E-state index is -1.99. The Kier molecular flexibility index (Phi) is 68.9. The maximum Gasteiger partial charge on any atom is 0.220 e. The summed E-state index contributed by atoms with van der Waals surface area (Å²) in [5, 5.41) is 121. The van der Waals surface area contributed by atoms with E-state index in [1.165, 1.54) is 167 Å². The Labute approximate surface area is 708 Å². The number of nitrogens with one attached hydrogen (secondary N) is 1. The van der Waals surface area contributed by atoms with Crippen molar-refractivity contribution in [1.29, 1.82) is 0 Å². The summed E-state index contributed by atoms with van der Waals surface area (Å²) in [4.78, 5) is 13.5. The number of amides is 1. The number of ether oxygens (including phenoxy) is 6. The van der Waals surface area contributed by atoms with E-state index in [0.29, 0.717) is 6.42 Å². The molecule has 19 nitrogen and oxygen atoms in total.